The van der Waals surface area contributed by atoms with Gasteiger partial charge in [-0.25, -0.2) is 0 Å². The molecule has 1 aromatic carbocycles. The molecule has 0 saturated heterocycles. The molecule has 3 nitrogen and oxygen atoms in total. The topological polar surface area (TPSA) is 35.5 Å². The number of carbonyl (C=O) groups is 1. The fraction of sp³-hybridized carbons (Fsp3) is 0.462. The number of carbonyl (C=O) groups excluding carboxylic acids is 1. The number of rotatable bonds is 3. The van der Waals surface area contributed by atoms with Crippen molar-refractivity contribution >= 4 is 5.97 Å². The van der Waals surface area contributed by atoms with Crippen LogP contribution in [0.3, 0.4) is 0 Å². The minimum Gasteiger partial charge on any atom is -0.497 e. The van der Waals surface area contributed by atoms with Gasteiger partial charge < -0.3 is 9.47 Å². The summed E-state index contributed by atoms with van der Waals surface area (Å²) in [6.45, 7) is 0. The summed E-state index contributed by atoms with van der Waals surface area (Å²) in [5.41, 5.74) is 2.57. The Hall–Kier alpha value is -1.51. The maximum atomic E-state index is 11.3. The lowest BCUT2D eigenvalue weighted by Gasteiger charge is -2.11. The van der Waals surface area contributed by atoms with Gasteiger partial charge in [-0.15, -0.1) is 0 Å². The van der Waals surface area contributed by atoms with Gasteiger partial charge in [0, 0.05) is 0 Å². The van der Waals surface area contributed by atoms with Gasteiger partial charge in [0.25, 0.3) is 0 Å². The second kappa shape index (κ2) is 4.56. The summed E-state index contributed by atoms with van der Waals surface area (Å²) < 4.78 is 9.92. The van der Waals surface area contributed by atoms with Crippen LogP contribution in [0.2, 0.25) is 0 Å². The summed E-state index contributed by atoms with van der Waals surface area (Å²) in [5, 5.41) is 0. The smallest absolute Gasteiger partial charge is 0.306 e. The lowest BCUT2D eigenvalue weighted by atomic mass is 9.98. The zero-order valence-electron chi connectivity index (χ0n) is 9.66. The van der Waals surface area contributed by atoms with E-state index in [9.17, 15) is 4.79 Å². The monoisotopic (exact) mass is 220 g/mol. The molecule has 0 bridgehead atoms. The number of aryl methyl sites for hydroxylation is 1. The molecule has 0 N–H and O–H groups in total. The third-order valence-corrected chi connectivity index (χ3v) is 3.20. The molecular formula is C13H16O3. The van der Waals surface area contributed by atoms with Gasteiger partial charge in [-0.05, 0) is 42.0 Å². The molecule has 0 saturated carbocycles. The van der Waals surface area contributed by atoms with Crippen molar-refractivity contribution in [2.24, 2.45) is 0 Å². The van der Waals surface area contributed by atoms with Gasteiger partial charge in [-0.3, -0.25) is 4.79 Å². The number of esters is 1. The molecule has 0 aliphatic heterocycles. The van der Waals surface area contributed by atoms with Crippen molar-refractivity contribution in [3.63, 3.8) is 0 Å². The van der Waals surface area contributed by atoms with Crippen molar-refractivity contribution in [1.29, 1.82) is 0 Å². The molecule has 0 heterocycles. The van der Waals surface area contributed by atoms with Crippen LogP contribution in [-0.4, -0.2) is 20.2 Å². The second-order valence-corrected chi connectivity index (χ2v) is 4.08. The van der Waals surface area contributed by atoms with E-state index < -0.39 is 0 Å². The molecule has 0 fully saturated rings. The molecule has 0 spiro atoms. The van der Waals surface area contributed by atoms with Gasteiger partial charge >= 0.3 is 5.97 Å². The molecule has 1 atom stereocenters. The third-order valence-electron chi connectivity index (χ3n) is 3.20. The summed E-state index contributed by atoms with van der Waals surface area (Å²) in [4.78, 5) is 11.3. The lowest BCUT2D eigenvalue weighted by Crippen LogP contribution is -2.06. The molecule has 0 amide bonds. The maximum absolute atomic E-state index is 11.3. The van der Waals surface area contributed by atoms with Crippen molar-refractivity contribution in [1.82, 2.24) is 0 Å². The highest BCUT2D eigenvalue weighted by molar-refractivity contribution is 5.70. The normalized spacial score (nSPS) is 18.0. The number of hydrogen-bond acceptors (Lipinski definition) is 3. The minimum atomic E-state index is -0.138. The number of benzene rings is 1. The van der Waals surface area contributed by atoms with Crippen molar-refractivity contribution in [3.05, 3.63) is 29.3 Å². The first kappa shape index (κ1) is 11.0. The van der Waals surface area contributed by atoms with Crippen LogP contribution in [0, 0.1) is 0 Å². The molecule has 3 heteroatoms. The van der Waals surface area contributed by atoms with E-state index >= 15 is 0 Å². The highest BCUT2D eigenvalue weighted by Gasteiger charge is 2.25. The predicted molar refractivity (Wildman–Crippen MR) is 60.7 cm³/mol. The fourth-order valence-electron chi connectivity index (χ4n) is 2.29. The molecule has 1 aromatic rings. The van der Waals surface area contributed by atoms with Crippen molar-refractivity contribution in [2.75, 3.05) is 14.2 Å². The molecule has 1 unspecified atom stereocenters. The van der Waals surface area contributed by atoms with Gasteiger partial charge in [0.15, 0.2) is 0 Å². The van der Waals surface area contributed by atoms with Gasteiger partial charge in [-0.2, -0.15) is 0 Å². The third kappa shape index (κ3) is 2.03. The average Bonchev–Trinajstić information content (AvgIpc) is 2.71. The SMILES string of the molecule is COC(=O)CC1CCc2ccc(OC)cc21. The molecular weight excluding hydrogens is 204 g/mol. The Labute approximate surface area is 95.4 Å². The average molecular weight is 220 g/mol. The van der Waals surface area contributed by atoms with Gasteiger partial charge in [0.05, 0.1) is 20.6 Å². The Balaban J connectivity index is 2.20. The zero-order valence-corrected chi connectivity index (χ0v) is 9.66. The van der Waals surface area contributed by atoms with Crippen molar-refractivity contribution < 1.29 is 14.3 Å². The summed E-state index contributed by atoms with van der Waals surface area (Å²) in [6.07, 6.45) is 2.54. The van der Waals surface area contributed by atoms with Crippen LogP contribution in [0.15, 0.2) is 18.2 Å². The first-order valence-corrected chi connectivity index (χ1v) is 5.48. The van der Waals surface area contributed by atoms with Crippen LogP contribution in [-0.2, 0) is 16.0 Å². The Kier molecular flexibility index (Phi) is 3.13. The van der Waals surface area contributed by atoms with E-state index in [2.05, 4.69) is 6.07 Å². The number of fused-ring (bicyclic) bond motifs is 1. The number of methoxy groups -OCH3 is 2. The standard InChI is InChI=1S/C13H16O3/c1-15-11-6-5-9-3-4-10(12(9)8-11)7-13(14)16-2/h5-6,8,10H,3-4,7H2,1-2H3. The zero-order chi connectivity index (χ0) is 11.5. The van der Waals surface area contributed by atoms with Crippen LogP contribution in [0.5, 0.6) is 5.75 Å². The Bertz CT molecular complexity index is 398. The van der Waals surface area contributed by atoms with Crippen LogP contribution in [0.4, 0.5) is 0 Å². The Morgan fingerprint density at radius 2 is 2.25 bits per heavy atom. The Morgan fingerprint density at radius 3 is 2.94 bits per heavy atom. The molecule has 86 valence electrons. The van der Waals surface area contributed by atoms with Crippen molar-refractivity contribution in [2.45, 2.75) is 25.2 Å². The highest BCUT2D eigenvalue weighted by atomic mass is 16.5. The van der Waals surface area contributed by atoms with E-state index in [4.69, 9.17) is 9.47 Å². The fourth-order valence-corrected chi connectivity index (χ4v) is 2.29. The number of ether oxygens (including phenoxy) is 2. The van der Waals surface area contributed by atoms with Crippen LogP contribution in [0.1, 0.15) is 29.9 Å². The quantitative estimate of drug-likeness (QED) is 0.733. The van der Waals surface area contributed by atoms with E-state index in [1.807, 2.05) is 12.1 Å². The van der Waals surface area contributed by atoms with Gasteiger partial charge in [0.1, 0.15) is 5.75 Å². The highest BCUT2D eigenvalue weighted by Crippen LogP contribution is 2.37. The van der Waals surface area contributed by atoms with Crippen LogP contribution >= 0.6 is 0 Å². The van der Waals surface area contributed by atoms with E-state index in [1.54, 1.807) is 7.11 Å². The van der Waals surface area contributed by atoms with Crippen molar-refractivity contribution in [3.8, 4) is 5.75 Å². The molecule has 2 rings (SSSR count). The molecule has 0 aromatic heterocycles. The van der Waals surface area contributed by atoms with E-state index in [0.717, 1.165) is 18.6 Å². The van der Waals surface area contributed by atoms with E-state index in [1.165, 1.54) is 18.2 Å². The second-order valence-electron chi connectivity index (χ2n) is 4.08. The Morgan fingerprint density at radius 1 is 1.44 bits per heavy atom. The molecule has 1 aliphatic carbocycles. The van der Waals surface area contributed by atoms with Gasteiger partial charge in [-0.1, -0.05) is 6.07 Å². The molecule has 0 radical (unpaired) electrons. The van der Waals surface area contributed by atoms with E-state index in [0.29, 0.717) is 6.42 Å². The van der Waals surface area contributed by atoms with E-state index in [-0.39, 0.29) is 11.9 Å². The molecule has 1 aliphatic rings. The van der Waals surface area contributed by atoms with Crippen LogP contribution in [0.25, 0.3) is 0 Å². The summed E-state index contributed by atoms with van der Waals surface area (Å²) in [6, 6.07) is 6.10. The van der Waals surface area contributed by atoms with Crippen LogP contribution < -0.4 is 4.74 Å². The summed E-state index contributed by atoms with van der Waals surface area (Å²) in [5.74, 6) is 1.01. The molecule has 16 heavy (non-hydrogen) atoms. The maximum Gasteiger partial charge on any atom is 0.306 e. The summed E-state index contributed by atoms with van der Waals surface area (Å²) in [7, 11) is 3.09. The minimum absolute atomic E-state index is 0.138. The first-order valence-electron chi connectivity index (χ1n) is 5.48. The number of hydrogen-bond donors (Lipinski definition) is 0. The summed E-state index contributed by atoms with van der Waals surface area (Å²) >= 11 is 0. The predicted octanol–water partition coefficient (Wildman–Crippen LogP) is 2.29. The first-order chi connectivity index (χ1) is 7.74. The largest absolute Gasteiger partial charge is 0.497 e. The lowest BCUT2D eigenvalue weighted by molar-refractivity contribution is -0.141. The van der Waals surface area contributed by atoms with Gasteiger partial charge in [0.2, 0.25) is 0 Å².